The summed E-state index contributed by atoms with van der Waals surface area (Å²) in [5.41, 5.74) is 1.88. The van der Waals surface area contributed by atoms with E-state index >= 15 is 0 Å². The van der Waals surface area contributed by atoms with Crippen LogP contribution in [-0.4, -0.2) is 18.2 Å². The van der Waals surface area contributed by atoms with Crippen LogP contribution in [0.1, 0.15) is 37.4 Å². The molecule has 0 radical (unpaired) electrons. The van der Waals surface area contributed by atoms with Crippen LogP contribution in [0.3, 0.4) is 0 Å². The molecule has 0 spiro atoms. The zero-order valence-electron chi connectivity index (χ0n) is 12.9. The summed E-state index contributed by atoms with van der Waals surface area (Å²) < 4.78 is 21.0. The van der Waals surface area contributed by atoms with Gasteiger partial charge >= 0.3 is 0 Å². The molecule has 1 unspecified atom stereocenters. The fraction of sp³-hybridized carbons (Fsp3) is 0.412. The van der Waals surface area contributed by atoms with Crippen molar-refractivity contribution in [3.8, 4) is 5.75 Å². The van der Waals surface area contributed by atoms with Gasteiger partial charge < -0.3 is 14.6 Å². The molecule has 0 aliphatic rings. The summed E-state index contributed by atoms with van der Waals surface area (Å²) in [6.07, 6.45) is 5.17. The molecule has 0 saturated carbocycles. The van der Waals surface area contributed by atoms with Crippen LogP contribution in [0.25, 0.3) is 0 Å². The first-order valence-electron chi connectivity index (χ1n) is 7.35. The van der Waals surface area contributed by atoms with Crippen molar-refractivity contribution >= 4 is 0 Å². The summed E-state index contributed by atoms with van der Waals surface area (Å²) in [6.45, 7) is 5.82. The lowest BCUT2D eigenvalue weighted by atomic mass is 10.2. The lowest BCUT2D eigenvalue weighted by Crippen LogP contribution is -2.18. The van der Waals surface area contributed by atoms with Crippen LogP contribution in [-0.2, 0) is 6.54 Å². The van der Waals surface area contributed by atoms with Gasteiger partial charge in [-0.15, -0.1) is 0 Å². The molecule has 1 atom stereocenters. The third kappa shape index (κ3) is 4.08. The number of aromatic nitrogens is 1. The molecule has 0 saturated heterocycles. The zero-order valence-corrected chi connectivity index (χ0v) is 12.9. The van der Waals surface area contributed by atoms with Crippen molar-refractivity contribution in [1.82, 2.24) is 9.88 Å². The highest BCUT2D eigenvalue weighted by atomic mass is 19.1. The smallest absolute Gasteiger partial charge is 0.131 e. The molecule has 0 bridgehead atoms. The van der Waals surface area contributed by atoms with E-state index in [9.17, 15) is 4.39 Å². The van der Waals surface area contributed by atoms with Crippen molar-refractivity contribution in [2.45, 2.75) is 32.9 Å². The van der Waals surface area contributed by atoms with Gasteiger partial charge in [0.2, 0.25) is 0 Å². The molecule has 1 N–H and O–H groups in total. The predicted molar refractivity (Wildman–Crippen MR) is 83.2 cm³/mol. The van der Waals surface area contributed by atoms with E-state index in [4.69, 9.17) is 4.74 Å². The zero-order chi connectivity index (χ0) is 15.2. The van der Waals surface area contributed by atoms with Crippen molar-refractivity contribution in [3.63, 3.8) is 0 Å². The molecule has 0 aliphatic heterocycles. The van der Waals surface area contributed by atoms with Gasteiger partial charge in [0.05, 0.1) is 7.11 Å². The van der Waals surface area contributed by atoms with Gasteiger partial charge in [-0.25, -0.2) is 4.39 Å². The lowest BCUT2D eigenvalue weighted by Gasteiger charge is -2.11. The van der Waals surface area contributed by atoms with E-state index in [0.29, 0.717) is 23.9 Å². The first kappa shape index (κ1) is 15.6. The Morgan fingerprint density at radius 3 is 2.81 bits per heavy atom. The van der Waals surface area contributed by atoms with Crippen LogP contribution in [0.5, 0.6) is 5.75 Å². The van der Waals surface area contributed by atoms with Gasteiger partial charge in [-0.2, -0.15) is 0 Å². The van der Waals surface area contributed by atoms with Gasteiger partial charge in [-0.1, -0.05) is 13.0 Å². The minimum absolute atomic E-state index is 0.234. The number of nitrogens with zero attached hydrogens (tertiary/aromatic N) is 1. The van der Waals surface area contributed by atoms with Crippen molar-refractivity contribution in [2.24, 2.45) is 0 Å². The molecule has 2 aromatic rings. The van der Waals surface area contributed by atoms with Gasteiger partial charge in [0.1, 0.15) is 11.6 Å². The number of hydrogen-bond acceptors (Lipinski definition) is 2. The molecule has 114 valence electrons. The Morgan fingerprint density at radius 1 is 1.33 bits per heavy atom. The van der Waals surface area contributed by atoms with Crippen LogP contribution >= 0.6 is 0 Å². The number of ether oxygens (including phenoxy) is 1. The second-order valence-corrected chi connectivity index (χ2v) is 5.25. The molecule has 0 aliphatic carbocycles. The van der Waals surface area contributed by atoms with Crippen molar-refractivity contribution < 1.29 is 9.13 Å². The Morgan fingerprint density at radius 2 is 2.14 bits per heavy atom. The van der Waals surface area contributed by atoms with Crippen molar-refractivity contribution in [3.05, 3.63) is 53.6 Å². The Kier molecular flexibility index (Phi) is 5.39. The van der Waals surface area contributed by atoms with Gasteiger partial charge in [-0.3, -0.25) is 0 Å². The number of methoxy groups -OCH3 is 1. The maximum Gasteiger partial charge on any atom is 0.131 e. The average Bonchev–Trinajstić information content (AvgIpc) is 2.95. The summed E-state index contributed by atoms with van der Waals surface area (Å²) in [6, 6.07) is 7.37. The molecule has 1 aromatic carbocycles. The molecule has 0 amide bonds. The highest BCUT2D eigenvalue weighted by molar-refractivity contribution is 5.29. The Labute approximate surface area is 125 Å². The van der Waals surface area contributed by atoms with E-state index in [0.717, 1.165) is 13.0 Å². The normalized spacial score (nSPS) is 12.4. The number of nitrogens with one attached hydrogen (secondary N) is 1. The highest BCUT2D eigenvalue weighted by Crippen LogP contribution is 2.19. The Hall–Kier alpha value is -1.81. The minimum Gasteiger partial charge on any atom is -0.497 e. The number of rotatable bonds is 7. The fourth-order valence-corrected chi connectivity index (χ4v) is 2.27. The lowest BCUT2D eigenvalue weighted by molar-refractivity contribution is 0.410. The monoisotopic (exact) mass is 290 g/mol. The number of halogens is 1. The van der Waals surface area contributed by atoms with E-state index in [1.165, 1.54) is 18.7 Å². The summed E-state index contributed by atoms with van der Waals surface area (Å²) in [5.74, 6) is 0.309. The summed E-state index contributed by atoms with van der Waals surface area (Å²) in [4.78, 5) is 0. The third-order valence-corrected chi connectivity index (χ3v) is 3.59. The van der Waals surface area contributed by atoms with Crippen LogP contribution in [0, 0.1) is 5.82 Å². The van der Waals surface area contributed by atoms with E-state index < -0.39 is 0 Å². The Bertz CT molecular complexity index is 580. The molecular weight excluding hydrogens is 267 g/mol. The molecule has 3 nitrogen and oxygen atoms in total. The standard InChI is InChI=1S/C17H23FN2O/c1-4-8-19-13(2)14-7-9-20(11-14)12-15-5-6-16(21-3)10-17(15)18/h5-7,9-11,13,19H,4,8,12H2,1-3H3. The molecule has 2 rings (SSSR count). The van der Waals surface area contributed by atoms with Gasteiger partial charge in [0.25, 0.3) is 0 Å². The average molecular weight is 290 g/mol. The fourth-order valence-electron chi connectivity index (χ4n) is 2.27. The SMILES string of the molecule is CCCNC(C)c1ccn(Cc2ccc(OC)cc2F)c1. The van der Waals surface area contributed by atoms with Gasteiger partial charge in [0, 0.05) is 36.6 Å². The maximum absolute atomic E-state index is 13.9. The van der Waals surface area contributed by atoms with Gasteiger partial charge in [0.15, 0.2) is 0 Å². The third-order valence-electron chi connectivity index (χ3n) is 3.59. The highest BCUT2D eigenvalue weighted by Gasteiger charge is 2.08. The van der Waals surface area contributed by atoms with Crippen LogP contribution in [0.2, 0.25) is 0 Å². The van der Waals surface area contributed by atoms with E-state index in [1.807, 2.05) is 10.8 Å². The molecule has 1 aromatic heterocycles. The molecule has 0 fully saturated rings. The summed E-state index contributed by atoms with van der Waals surface area (Å²) in [5, 5.41) is 3.45. The van der Waals surface area contributed by atoms with Crippen molar-refractivity contribution in [1.29, 1.82) is 0 Å². The minimum atomic E-state index is -0.234. The maximum atomic E-state index is 13.9. The van der Waals surface area contributed by atoms with Crippen molar-refractivity contribution in [2.75, 3.05) is 13.7 Å². The largest absolute Gasteiger partial charge is 0.497 e. The quantitative estimate of drug-likeness (QED) is 0.840. The van der Waals surface area contributed by atoms with Crippen LogP contribution in [0.15, 0.2) is 36.7 Å². The van der Waals surface area contributed by atoms with E-state index in [-0.39, 0.29) is 5.82 Å². The van der Waals surface area contributed by atoms with Crippen LogP contribution < -0.4 is 10.1 Å². The molecular formula is C17H23FN2O. The van der Waals surface area contributed by atoms with Crippen LogP contribution in [0.4, 0.5) is 4.39 Å². The first-order chi connectivity index (χ1) is 10.1. The topological polar surface area (TPSA) is 26.2 Å². The number of hydrogen-bond donors (Lipinski definition) is 1. The van der Waals surface area contributed by atoms with E-state index in [1.54, 1.807) is 12.1 Å². The second-order valence-electron chi connectivity index (χ2n) is 5.25. The van der Waals surface area contributed by atoms with E-state index in [2.05, 4.69) is 31.4 Å². The molecule has 4 heteroatoms. The van der Waals surface area contributed by atoms with Gasteiger partial charge in [-0.05, 0) is 37.6 Å². The summed E-state index contributed by atoms with van der Waals surface area (Å²) in [7, 11) is 1.54. The Balaban J connectivity index is 2.05. The first-order valence-corrected chi connectivity index (χ1v) is 7.35. The molecule has 21 heavy (non-hydrogen) atoms. The molecule has 1 heterocycles. The summed E-state index contributed by atoms with van der Waals surface area (Å²) >= 11 is 0. The predicted octanol–water partition coefficient (Wildman–Crippen LogP) is 3.74. The number of benzene rings is 1. The second kappa shape index (κ2) is 7.27.